The molecule has 1 N–H and O–H groups in total. The van der Waals surface area contributed by atoms with Crippen LogP contribution >= 0.6 is 0 Å². The van der Waals surface area contributed by atoms with Crippen molar-refractivity contribution in [3.63, 3.8) is 0 Å². The van der Waals surface area contributed by atoms with Crippen molar-refractivity contribution in [2.24, 2.45) is 0 Å². The van der Waals surface area contributed by atoms with Crippen molar-refractivity contribution < 1.29 is 14.6 Å². The van der Waals surface area contributed by atoms with Crippen molar-refractivity contribution in [2.45, 2.75) is 0 Å². The molecule has 0 amide bonds. The van der Waals surface area contributed by atoms with Gasteiger partial charge in [0.2, 0.25) is 0 Å². The van der Waals surface area contributed by atoms with Gasteiger partial charge in [0.1, 0.15) is 0 Å². The van der Waals surface area contributed by atoms with Crippen LogP contribution in [0.4, 0.5) is 0 Å². The predicted octanol–water partition coefficient (Wildman–Crippen LogP) is 2.00. The van der Waals surface area contributed by atoms with Crippen LogP contribution < -0.4 is 0 Å². The second-order valence-corrected chi connectivity index (χ2v) is 2.43. The lowest BCUT2D eigenvalue weighted by Gasteiger charge is -1.98. The molecule has 0 saturated heterocycles. The van der Waals surface area contributed by atoms with E-state index in [9.17, 15) is 4.79 Å². The van der Waals surface area contributed by atoms with Gasteiger partial charge in [-0.2, -0.15) is 0 Å². The fourth-order valence-corrected chi connectivity index (χ4v) is 0.978. The third-order valence-electron chi connectivity index (χ3n) is 1.57. The highest BCUT2D eigenvalue weighted by atomic mass is 16.5. The number of carbonyl (C=O) groups is 1. The molecule has 3 nitrogen and oxygen atoms in total. The minimum absolute atomic E-state index is 0.274. The lowest BCUT2D eigenvalue weighted by atomic mass is 10.1. The summed E-state index contributed by atoms with van der Waals surface area (Å²) in [5, 5.41) is 8.79. The zero-order valence-electron chi connectivity index (χ0n) is 7.23. The Morgan fingerprint density at radius 2 is 2.15 bits per heavy atom. The Hall–Kier alpha value is -1.77. The molecule has 0 aliphatic heterocycles. The molecule has 0 unspecified atom stereocenters. The SMILES string of the molecule is COC=Cc1ccccc1C(=O)O. The van der Waals surface area contributed by atoms with Gasteiger partial charge in [0.05, 0.1) is 18.9 Å². The summed E-state index contributed by atoms with van der Waals surface area (Å²) in [7, 11) is 1.51. The van der Waals surface area contributed by atoms with E-state index in [-0.39, 0.29) is 5.56 Å². The van der Waals surface area contributed by atoms with Crippen molar-refractivity contribution >= 4 is 12.0 Å². The van der Waals surface area contributed by atoms with Gasteiger partial charge in [0, 0.05) is 0 Å². The topological polar surface area (TPSA) is 46.5 Å². The second-order valence-electron chi connectivity index (χ2n) is 2.43. The molecular formula is C10H10O3. The summed E-state index contributed by atoms with van der Waals surface area (Å²) >= 11 is 0. The maximum absolute atomic E-state index is 10.7. The fourth-order valence-electron chi connectivity index (χ4n) is 0.978. The van der Waals surface area contributed by atoms with Crippen molar-refractivity contribution in [1.82, 2.24) is 0 Å². The van der Waals surface area contributed by atoms with Gasteiger partial charge < -0.3 is 9.84 Å². The van der Waals surface area contributed by atoms with Crippen LogP contribution in [0.15, 0.2) is 30.5 Å². The minimum Gasteiger partial charge on any atom is -0.504 e. The van der Waals surface area contributed by atoms with Crippen molar-refractivity contribution in [3.8, 4) is 0 Å². The van der Waals surface area contributed by atoms with Gasteiger partial charge in [-0.15, -0.1) is 0 Å². The van der Waals surface area contributed by atoms with E-state index in [2.05, 4.69) is 0 Å². The standard InChI is InChI=1S/C10H10O3/c1-13-7-6-8-4-2-3-5-9(8)10(11)12/h2-7H,1H3,(H,11,12). The Bertz CT molecular complexity index is 329. The van der Waals surface area contributed by atoms with E-state index in [0.717, 1.165) is 0 Å². The van der Waals surface area contributed by atoms with Gasteiger partial charge in [-0.3, -0.25) is 0 Å². The fraction of sp³-hybridized carbons (Fsp3) is 0.100. The minimum atomic E-state index is -0.934. The van der Waals surface area contributed by atoms with Gasteiger partial charge in [0.25, 0.3) is 0 Å². The first kappa shape index (κ1) is 9.32. The highest BCUT2D eigenvalue weighted by molar-refractivity contribution is 5.91. The summed E-state index contributed by atoms with van der Waals surface area (Å²) in [5.74, 6) is -0.934. The third kappa shape index (κ3) is 2.33. The molecule has 0 radical (unpaired) electrons. The number of methoxy groups -OCH3 is 1. The van der Waals surface area contributed by atoms with E-state index in [4.69, 9.17) is 9.84 Å². The molecule has 0 atom stereocenters. The number of carboxylic acids is 1. The number of rotatable bonds is 3. The van der Waals surface area contributed by atoms with Crippen LogP contribution in [0.3, 0.4) is 0 Å². The Morgan fingerprint density at radius 1 is 1.46 bits per heavy atom. The maximum atomic E-state index is 10.7. The Kier molecular flexibility index (Phi) is 3.09. The first-order valence-corrected chi connectivity index (χ1v) is 3.77. The van der Waals surface area contributed by atoms with Crippen molar-refractivity contribution in [2.75, 3.05) is 7.11 Å². The van der Waals surface area contributed by atoms with E-state index >= 15 is 0 Å². The summed E-state index contributed by atoms with van der Waals surface area (Å²) in [6.45, 7) is 0. The maximum Gasteiger partial charge on any atom is 0.336 e. The number of hydrogen-bond acceptors (Lipinski definition) is 2. The van der Waals surface area contributed by atoms with Crippen molar-refractivity contribution in [1.29, 1.82) is 0 Å². The number of benzene rings is 1. The molecule has 0 bridgehead atoms. The molecule has 68 valence electrons. The molecule has 13 heavy (non-hydrogen) atoms. The quantitative estimate of drug-likeness (QED) is 0.720. The molecule has 0 spiro atoms. The summed E-state index contributed by atoms with van der Waals surface area (Å²) in [5.41, 5.74) is 0.910. The van der Waals surface area contributed by atoms with Crippen molar-refractivity contribution in [3.05, 3.63) is 41.7 Å². The number of carboxylic acid groups (broad SMARTS) is 1. The smallest absolute Gasteiger partial charge is 0.336 e. The molecule has 0 saturated carbocycles. The average Bonchev–Trinajstić information content (AvgIpc) is 2.15. The molecular weight excluding hydrogens is 168 g/mol. The third-order valence-corrected chi connectivity index (χ3v) is 1.57. The van der Waals surface area contributed by atoms with E-state index < -0.39 is 5.97 Å². The number of hydrogen-bond donors (Lipinski definition) is 1. The average molecular weight is 178 g/mol. The van der Waals surface area contributed by atoms with Gasteiger partial charge >= 0.3 is 5.97 Å². The molecule has 3 heteroatoms. The number of aromatic carboxylic acids is 1. The molecule has 0 aromatic heterocycles. The molecule has 0 aliphatic carbocycles. The zero-order valence-corrected chi connectivity index (χ0v) is 7.23. The van der Waals surface area contributed by atoms with Crippen LogP contribution in [0, 0.1) is 0 Å². The largest absolute Gasteiger partial charge is 0.504 e. The summed E-state index contributed by atoms with van der Waals surface area (Å²) in [6, 6.07) is 6.74. The molecule has 1 aromatic carbocycles. The molecule has 1 rings (SSSR count). The number of ether oxygens (including phenoxy) is 1. The summed E-state index contributed by atoms with van der Waals surface area (Å²) in [6.07, 6.45) is 3.06. The Morgan fingerprint density at radius 3 is 2.77 bits per heavy atom. The molecule has 0 heterocycles. The summed E-state index contributed by atoms with van der Waals surface area (Å²) < 4.78 is 4.71. The summed E-state index contributed by atoms with van der Waals surface area (Å²) in [4.78, 5) is 10.7. The normalized spacial score (nSPS) is 10.2. The van der Waals surface area contributed by atoms with Crippen LogP contribution in [-0.4, -0.2) is 18.2 Å². The van der Waals surface area contributed by atoms with E-state index in [0.29, 0.717) is 5.56 Å². The lowest BCUT2D eigenvalue weighted by molar-refractivity contribution is 0.0696. The first-order chi connectivity index (χ1) is 6.25. The van der Waals surface area contributed by atoms with Gasteiger partial charge in [-0.1, -0.05) is 18.2 Å². The first-order valence-electron chi connectivity index (χ1n) is 3.77. The monoisotopic (exact) mass is 178 g/mol. The lowest BCUT2D eigenvalue weighted by Crippen LogP contribution is -1.98. The van der Waals surface area contributed by atoms with Crippen LogP contribution in [0.25, 0.3) is 6.08 Å². The molecule has 0 aliphatic rings. The van der Waals surface area contributed by atoms with Crippen LogP contribution in [0.5, 0.6) is 0 Å². The van der Waals surface area contributed by atoms with E-state index in [1.807, 2.05) is 0 Å². The van der Waals surface area contributed by atoms with Gasteiger partial charge in [0.15, 0.2) is 0 Å². The molecule has 1 aromatic rings. The van der Waals surface area contributed by atoms with Crippen LogP contribution in [-0.2, 0) is 4.74 Å². The zero-order chi connectivity index (χ0) is 9.68. The highest BCUT2D eigenvalue weighted by Crippen LogP contribution is 2.10. The Balaban J connectivity index is 3.05. The molecule has 0 fully saturated rings. The highest BCUT2D eigenvalue weighted by Gasteiger charge is 2.05. The van der Waals surface area contributed by atoms with Crippen LogP contribution in [0.2, 0.25) is 0 Å². The van der Waals surface area contributed by atoms with E-state index in [1.54, 1.807) is 30.3 Å². The van der Waals surface area contributed by atoms with Crippen LogP contribution in [0.1, 0.15) is 15.9 Å². The second kappa shape index (κ2) is 4.30. The van der Waals surface area contributed by atoms with Gasteiger partial charge in [-0.05, 0) is 17.7 Å². The van der Waals surface area contributed by atoms with E-state index in [1.165, 1.54) is 13.4 Å². The Labute approximate surface area is 76.3 Å². The predicted molar refractivity (Wildman–Crippen MR) is 49.4 cm³/mol. The van der Waals surface area contributed by atoms with Gasteiger partial charge in [-0.25, -0.2) is 4.79 Å².